The number of nitrogens with zero attached hydrogens (tertiary/aromatic N) is 2. The van der Waals surface area contributed by atoms with Crippen LogP contribution in [0.4, 0.5) is 5.13 Å². The van der Waals surface area contributed by atoms with Crippen LogP contribution in [0.15, 0.2) is 72.1 Å². The van der Waals surface area contributed by atoms with Gasteiger partial charge in [0.1, 0.15) is 6.04 Å². The molecule has 31 heavy (non-hydrogen) atoms. The largest absolute Gasteiger partial charge is 0.300 e. The van der Waals surface area contributed by atoms with E-state index in [4.69, 9.17) is 0 Å². The van der Waals surface area contributed by atoms with E-state index in [2.05, 4.69) is 16.4 Å². The summed E-state index contributed by atoms with van der Waals surface area (Å²) in [7, 11) is 0. The third kappa shape index (κ3) is 3.29. The second-order valence-electron chi connectivity index (χ2n) is 7.29. The van der Waals surface area contributed by atoms with Crippen LogP contribution in [-0.2, 0) is 4.79 Å². The molecule has 0 radical (unpaired) electrons. The molecule has 0 aliphatic carbocycles. The van der Waals surface area contributed by atoms with Crippen LogP contribution < -0.4 is 5.32 Å². The second-order valence-corrected chi connectivity index (χ2v) is 8.15. The predicted octanol–water partition coefficient (Wildman–Crippen LogP) is 4.59. The minimum atomic E-state index is -0.958. The number of aromatic nitrogens is 1. The fourth-order valence-corrected chi connectivity index (χ4v) is 4.42. The van der Waals surface area contributed by atoms with Crippen molar-refractivity contribution in [2.45, 2.75) is 13.0 Å². The number of rotatable bonds is 4. The Kier molecular flexibility index (Phi) is 4.60. The Labute approximate surface area is 182 Å². The first-order valence-corrected chi connectivity index (χ1v) is 10.6. The molecular weight excluding hydrogens is 410 g/mol. The van der Waals surface area contributed by atoms with Gasteiger partial charge < -0.3 is 5.32 Å². The predicted molar refractivity (Wildman–Crippen MR) is 120 cm³/mol. The number of thiazole rings is 1. The minimum absolute atomic E-state index is 0.319. The normalized spacial score (nSPS) is 14.0. The zero-order valence-electron chi connectivity index (χ0n) is 16.5. The van der Waals surface area contributed by atoms with Crippen molar-refractivity contribution in [3.05, 3.63) is 83.2 Å². The summed E-state index contributed by atoms with van der Waals surface area (Å²) in [5.74, 6) is -1.38. The standard InChI is InChI=1S/C24H17N3O3S/c1-14(27-22(29)18-8-4-5-9-19(18)23(27)30)21(28)26-24-25-20(13-31-24)17-11-10-15-6-2-3-7-16(15)12-17/h2-14H,1H3,(H,25,26,28). The summed E-state index contributed by atoms with van der Waals surface area (Å²) in [5.41, 5.74) is 2.34. The Morgan fingerprint density at radius 3 is 2.29 bits per heavy atom. The summed E-state index contributed by atoms with van der Waals surface area (Å²) >= 11 is 1.30. The third-order valence-electron chi connectivity index (χ3n) is 5.37. The highest BCUT2D eigenvalue weighted by molar-refractivity contribution is 7.14. The first-order valence-electron chi connectivity index (χ1n) is 9.75. The first-order chi connectivity index (χ1) is 15.0. The fraction of sp³-hybridized carbons (Fsp3) is 0.0833. The van der Waals surface area contributed by atoms with Gasteiger partial charge >= 0.3 is 0 Å². The van der Waals surface area contributed by atoms with Gasteiger partial charge in [0.15, 0.2) is 5.13 Å². The summed E-state index contributed by atoms with van der Waals surface area (Å²) in [6.07, 6.45) is 0. The number of fused-ring (bicyclic) bond motifs is 2. The highest BCUT2D eigenvalue weighted by atomic mass is 32.1. The van der Waals surface area contributed by atoms with Gasteiger partial charge in [0.25, 0.3) is 11.8 Å². The number of anilines is 1. The zero-order valence-corrected chi connectivity index (χ0v) is 17.3. The molecule has 2 heterocycles. The van der Waals surface area contributed by atoms with E-state index in [1.165, 1.54) is 18.3 Å². The molecule has 1 aromatic heterocycles. The fourth-order valence-electron chi connectivity index (χ4n) is 3.70. The average Bonchev–Trinajstić information content (AvgIpc) is 3.36. The molecule has 1 N–H and O–H groups in total. The summed E-state index contributed by atoms with van der Waals surface area (Å²) < 4.78 is 0. The average molecular weight is 427 g/mol. The van der Waals surface area contributed by atoms with Crippen molar-refractivity contribution in [2.24, 2.45) is 0 Å². The lowest BCUT2D eigenvalue weighted by molar-refractivity contribution is -0.119. The van der Waals surface area contributed by atoms with Gasteiger partial charge in [-0.05, 0) is 35.9 Å². The van der Waals surface area contributed by atoms with Crippen molar-refractivity contribution in [3.63, 3.8) is 0 Å². The highest BCUT2D eigenvalue weighted by Crippen LogP contribution is 2.29. The van der Waals surface area contributed by atoms with Crippen LogP contribution in [0.3, 0.4) is 0 Å². The molecule has 0 spiro atoms. The molecule has 0 bridgehead atoms. The molecule has 152 valence electrons. The molecule has 1 unspecified atom stereocenters. The minimum Gasteiger partial charge on any atom is -0.300 e. The van der Waals surface area contributed by atoms with E-state index < -0.39 is 23.8 Å². The maximum atomic E-state index is 12.8. The van der Waals surface area contributed by atoms with Gasteiger partial charge in [-0.25, -0.2) is 4.98 Å². The van der Waals surface area contributed by atoms with Crippen molar-refractivity contribution < 1.29 is 14.4 Å². The summed E-state index contributed by atoms with van der Waals surface area (Å²) in [6.45, 7) is 1.54. The first kappa shape index (κ1) is 19.1. The number of nitrogens with one attached hydrogen (secondary N) is 1. The van der Waals surface area contributed by atoms with E-state index >= 15 is 0 Å². The number of carbonyl (C=O) groups is 3. The third-order valence-corrected chi connectivity index (χ3v) is 6.13. The maximum absolute atomic E-state index is 12.8. The number of carbonyl (C=O) groups excluding carboxylic acids is 3. The zero-order chi connectivity index (χ0) is 21.5. The van der Waals surface area contributed by atoms with Crippen LogP contribution >= 0.6 is 11.3 Å². The number of imide groups is 1. The van der Waals surface area contributed by atoms with E-state index in [9.17, 15) is 14.4 Å². The van der Waals surface area contributed by atoms with Crippen LogP contribution in [-0.4, -0.2) is 33.6 Å². The van der Waals surface area contributed by atoms with Gasteiger partial charge in [-0.3, -0.25) is 19.3 Å². The molecular formula is C24H17N3O3S. The number of benzene rings is 3. The molecule has 1 aliphatic heterocycles. The van der Waals surface area contributed by atoms with Gasteiger partial charge in [-0.15, -0.1) is 11.3 Å². The van der Waals surface area contributed by atoms with Crippen LogP contribution in [0.2, 0.25) is 0 Å². The van der Waals surface area contributed by atoms with E-state index in [1.807, 2.05) is 41.8 Å². The maximum Gasteiger partial charge on any atom is 0.262 e. The SMILES string of the molecule is CC(C(=O)Nc1nc(-c2ccc3ccccc3c2)cs1)N1C(=O)c2ccccc2C1=O. The molecule has 0 saturated heterocycles. The second kappa shape index (κ2) is 7.45. The number of hydrogen-bond acceptors (Lipinski definition) is 5. The molecule has 3 aromatic carbocycles. The van der Waals surface area contributed by atoms with Crippen molar-refractivity contribution in [2.75, 3.05) is 5.32 Å². The van der Waals surface area contributed by atoms with Crippen LogP contribution in [0, 0.1) is 0 Å². The molecule has 1 aliphatic rings. The van der Waals surface area contributed by atoms with Gasteiger partial charge in [0.2, 0.25) is 5.91 Å². The van der Waals surface area contributed by atoms with Crippen molar-refractivity contribution in [3.8, 4) is 11.3 Å². The molecule has 4 aromatic rings. The van der Waals surface area contributed by atoms with Crippen molar-refractivity contribution >= 4 is 45.0 Å². The molecule has 7 heteroatoms. The Hall–Kier alpha value is -3.84. The Balaban J connectivity index is 1.34. The molecule has 6 nitrogen and oxygen atoms in total. The van der Waals surface area contributed by atoms with Crippen molar-refractivity contribution in [1.29, 1.82) is 0 Å². The van der Waals surface area contributed by atoms with E-state index in [-0.39, 0.29) is 0 Å². The lowest BCUT2D eigenvalue weighted by Crippen LogP contribution is -2.45. The van der Waals surface area contributed by atoms with Gasteiger partial charge in [0, 0.05) is 10.9 Å². The van der Waals surface area contributed by atoms with Gasteiger partial charge in [0.05, 0.1) is 16.8 Å². The van der Waals surface area contributed by atoms with Gasteiger partial charge in [-0.2, -0.15) is 0 Å². The summed E-state index contributed by atoms with van der Waals surface area (Å²) in [5, 5.41) is 7.27. The van der Waals surface area contributed by atoms with Crippen molar-refractivity contribution in [1.82, 2.24) is 9.88 Å². The van der Waals surface area contributed by atoms with E-state index in [0.717, 1.165) is 26.9 Å². The Morgan fingerprint density at radius 1 is 0.935 bits per heavy atom. The van der Waals surface area contributed by atoms with Crippen LogP contribution in [0.1, 0.15) is 27.6 Å². The van der Waals surface area contributed by atoms with E-state index in [0.29, 0.717) is 16.3 Å². The summed E-state index contributed by atoms with van der Waals surface area (Å²) in [6, 6.07) is 19.8. The molecule has 3 amide bonds. The lowest BCUT2D eigenvalue weighted by Gasteiger charge is -2.21. The lowest BCUT2D eigenvalue weighted by atomic mass is 10.1. The quantitative estimate of drug-likeness (QED) is 0.483. The Bertz CT molecular complexity index is 1330. The molecule has 0 fully saturated rings. The molecule has 1 atom stereocenters. The van der Waals surface area contributed by atoms with Crippen LogP contribution in [0.5, 0.6) is 0 Å². The summed E-state index contributed by atoms with van der Waals surface area (Å²) in [4.78, 5) is 43.5. The monoisotopic (exact) mass is 427 g/mol. The molecule has 5 rings (SSSR count). The van der Waals surface area contributed by atoms with E-state index in [1.54, 1.807) is 24.3 Å². The smallest absolute Gasteiger partial charge is 0.262 e. The van der Waals surface area contributed by atoms with Crippen LogP contribution in [0.25, 0.3) is 22.0 Å². The molecule has 0 saturated carbocycles. The Morgan fingerprint density at radius 2 is 1.58 bits per heavy atom. The highest BCUT2D eigenvalue weighted by Gasteiger charge is 2.40. The topological polar surface area (TPSA) is 79.4 Å². The number of amides is 3. The van der Waals surface area contributed by atoms with Gasteiger partial charge in [-0.1, -0.05) is 48.5 Å². The number of hydrogen-bond donors (Lipinski definition) is 1.